The Balaban J connectivity index is 1.30. The molecule has 49 heavy (non-hydrogen) atoms. The second kappa shape index (κ2) is 19.1. The van der Waals surface area contributed by atoms with Crippen LogP contribution in [0.15, 0.2) is 59.5 Å². The van der Waals surface area contributed by atoms with Crippen molar-refractivity contribution in [3.8, 4) is 34.1 Å². The molecule has 1 aliphatic heterocycles. The number of unbranched alkanes of at least 4 members (excludes halogenated alkanes) is 3. The van der Waals surface area contributed by atoms with E-state index in [1.54, 1.807) is 26.0 Å². The molecular weight excluding hydrogens is 648 g/mol. The van der Waals surface area contributed by atoms with Crippen LogP contribution in [0, 0.1) is 0 Å². The molecule has 0 radical (unpaired) electrons. The van der Waals surface area contributed by atoms with Crippen LogP contribution in [-0.2, 0) is 41.7 Å². The Morgan fingerprint density at radius 2 is 1.43 bits per heavy atom. The minimum atomic E-state index is -3.46. The van der Waals surface area contributed by atoms with Gasteiger partial charge in [0.15, 0.2) is 21.3 Å². The van der Waals surface area contributed by atoms with E-state index in [0.717, 1.165) is 60.1 Å². The minimum Gasteiger partial charge on any atom is -0.494 e. The van der Waals surface area contributed by atoms with Crippen LogP contribution in [0.1, 0.15) is 69.9 Å². The highest BCUT2D eigenvalue weighted by molar-refractivity contribution is 7.90. The molecule has 3 aromatic carbocycles. The van der Waals surface area contributed by atoms with Gasteiger partial charge in [-0.2, -0.15) is 0 Å². The molecule has 0 unspecified atom stereocenters. The van der Waals surface area contributed by atoms with Gasteiger partial charge in [0.05, 0.1) is 31.3 Å². The Bertz CT molecular complexity index is 1650. The van der Waals surface area contributed by atoms with E-state index in [0.29, 0.717) is 76.2 Å². The van der Waals surface area contributed by atoms with E-state index in [1.165, 1.54) is 6.26 Å². The highest BCUT2D eigenvalue weighted by Crippen LogP contribution is 2.36. The van der Waals surface area contributed by atoms with E-state index in [1.807, 2.05) is 36.4 Å². The lowest BCUT2D eigenvalue weighted by atomic mass is 9.96. The Hall–Kier alpha value is -4.25. The molecule has 4 rings (SSSR count). The van der Waals surface area contributed by atoms with Crippen molar-refractivity contribution >= 4 is 21.8 Å². The predicted octanol–water partition coefficient (Wildman–Crippen LogP) is 6.93. The van der Waals surface area contributed by atoms with Crippen LogP contribution in [-0.4, -0.2) is 66.3 Å². The van der Waals surface area contributed by atoms with Crippen molar-refractivity contribution in [3.05, 3.63) is 65.7 Å². The van der Waals surface area contributed by atoms with Gasteiger partial charge in [-0.05, 0) is 105 Å². The molecule has 0 saturated carbocycles. The smallest absolute Gasteiger partial charge is 0.306 e. The van der Waals surface area contributed by atoms with Crippen LogP contribution in [0.5, 0.6) is 23.0 Å². The molecule has 0 N–H and O–H groups in total. The maximum Gasteiger partial charge on any atom is 0.306 e. The fourth-order valence-electron chi connectivity index (χ4n) is 5.58. The summed E-state index contributed by atoms with van der Waals surface area (Å²) in [5, 5.41) is 0. The number of sulfone groups is 1. The number of rotatable bonds is 20. The summed E-state index contributed by atoms with van der Waals surface area (Å²) >= 11 is 0. The van der Waals surface area contributed by atoms with E-state index in [-0.39, 0.29) is 23.3 Å². The van der Waals surface area contributed by atoms with Gasteiger partial charge < -0.3 is 28.4 Å². The van der Waals surface area contributed by atoms with E-state index in [2.05, 4.69) is 6.07 Å². The van der Waals surface area contributed by atoms with Crippen LogP contribution >= 0.6 is 0 Å². The summed E-state index contributed by atoms with van der Waals surface area (Å²) in [7, 11) is -3.46. The number of carbonyl (C=O) groups is 2. The third kappa shape index (κ3) is 12.0. The topological polar surface area (TPSA) is 124 Å². The minimum absolute atomic E-state index is 0.193. The van der Waals surface area contributed by atoms with Gasteiger partial charge >= 0.3 is 11.9 Å². The first kappa shape index (κ1) is 37.6. The summed E-state index contributed by atoms with van der Waals surface area (Å²) in [4.78, 5) is 24.0. The van der Waals surface area contributed by atoms with Crippen molar-refractivity contribution in [2.45, 2.75) is 76.5 Å². The molecule has 0 aromatic heterocycles. The Morgan fingerprint density at radius 3 is 2.18 bits per heavy atom. The zero-order valence-electron chi connectivity index (χ0n) is 28.8. The van der Waals surface area contributed by atoms with Crippen LogP contribution in [0.4, 0.5) is 0 Å². The lowest BCUT2D eigenvalue weighted by Gasteiger charge is -2.19. The molecule has 1 heterocycles. The third-order valence-corrected chi connectivity index (χ3v) is 9.09. The average Bonchev–Trinajstić information content (AvgIpc) is 3.08. The molecule has 0 spiro atoms. The molecule has 0 atom stereocenters. The van der Waals surface area contributed by atoms with Crippen LogP contribution in [0.2, 0.25) is 0 Å². The number of fused-ring (bicyclic) bond motifs is 1. The zero-order chi connectivity index (χ0) is 35.1. The second-order valence-corrected chi connectivity index (χ2v) is 13.8. The highest BCUT2D eigenvalue weighted by Gasteiger charge is 2.17. The quantitative estimate of drug-likeness (QED) is 0.0908. The Morgan fingerprint density at radius 1 is 0.714 bits per heavy atom. The van der Waals surface area contributed by atoms with Gasteiger partial charge in [-0.3, -0.25) is 9.59 Å². The highest BCUT2D eigenvalue weighted by atomic mass is 32.2. The molecule has 11 heteroatoms. The first-order valence-corrected chi connectivity index (χ1v) is 19.0. The number of hydrogen-bond donors (Lipinski definition) is 0. The van der Waals surface area contributed by atoms with Crippen LogP contribution in [0.3, 0.4) is 0 Å². The average molecular weight is 697 g/mol. The first-order chi connectivity index (χ1) is 23.7. The number of carbonyl (C=O) groups excluding carboxylic acids is 2. The Kier molecular flexibility index (Phi) is 14.6. The summed E-state index contributed by atoms with van der Waals surface area (Å²) in [6.07, 6.45) is 7.28. The zero-order valence-corrected chi connectivity index (χ0v) is 29.6. The fraction of sp³-hybridized carbons (Fsp3) is 0.474. The van der Waals surface area contributed by atoms with Gasteiger partial charge in [0.1, 0.15) is 24.7 Å². The largest absolute Gasteiger partial charge is 0.494 e. The van der Waals surface area contributed by atoms with Crippen LogP contribution < -0.4 is 18.9 Å². The number of benzene rings is 3. The van der Waals surface area contributed by atoms with Gasteiger partial charge in [0.25, 0.3) is 0 Å². The lowest BCUT2D eigenvalue weighted by molar-refractivity contribution is -0.144. The van der Waals surface area contributed by atoms with Gasteiger partial charge in [-0.25, -0.2) is 8.42 Å². The van der Waals surface area contributed by atoms with E-state index in [9.17, 15) is 18.0 Å². The summed E-state index contributed by atoms with van der Waals surface area (Å²) in [6, 6.07) is 16.6. The molecule has 1 aliphatic rings. The van der Waals surface area contributed by atoms with Crippen molar-refractivity contribution in [1.82, 2.24) is 0 Å². The maximum absolute atomic E-state index is 12.5. The van der Waals surface area contributed by atoms with Crippen molar-refractivity contribution in [3.63, 3.8) is 0 Å². The molecule has 0 saturated heterocycles. The molecule has 0 bridgehead atoms. The first-order valence-electron chi connectivity index (χ1n) is 17.1. The number of hydrogen-bond acceptors (Lipinski definition) is 10. The van der Waals surface area contributed by atoms with Crippen molar-refractivity contribution < 1.29 is 46.4 Å². The Labute approximate surface area is 289 Å². The second-order valence-electron chi connectivity index (χ2n) is 11.8. The molecule has 0 amide bonds. The number of aryl methyl sites for hydroxylation is 1. The molecule has 0 aliphatic carbocycles. The number of esters is 2. The standard InChI is InChI=1S/C38H48O10S/c1-4-43-37(39)15-11-21-46-34-14-10-13-28(33(34)17-19-38(40)44-5-2)12-8-6-7-9-20-45-31-24-30(25-32(27-31)49(3,41)42)29-16-18-35-36(26-29)48-23-22-47-35/h10,13-14,16,18,24-27H,4-9,11-12,15,17,19-23H2,1-3H3. The van der Waals surface area contributed by atoms with E-state index >= 15 is 0 Å². The molecule has 266 valence electrons. The summed E-state index contributed by atoms with van der Waals surface area (Å²) in [6.45, 7) is 6.06. The lowest BCUT2D eigenvalue weighted by Crippen LogP contribution is -2.15. The normalized spacial score (nSPS) is 12.3. The summed E-state index contributed by atoms with van der Waals surface area (Å²) < 4.78 is 58.6. The molecule has 10 nitrogen and oxygen atoms in total. The van der Waals surface area contributed by atoms with Gasteiger partial charge in [0, 0.05) is 19.1 Å². The van der Waals surface area contributed by atoms with Crippen molar-refractivity contribution in [2.75, 3.05) is 45.9 Å². The van der Waals surface area contributed by atoms with E-state index in [4.69, 9.17) is 28.4 Å². The molecule has 3 aromatic rings. The molecule has 0 fully saturated rings. The number of ether oxygens (including phenoxy) is 6. The molecular formula is C38H48O10S. The van der Waals surface area contributed by atoms with Gasteiger partial charge in [0.2, 0.25) is 0 Å². The fourth-order valence-corrected chi connectivity index (χ4v) is 6.25. The predicted molar refractivity (Wildman–Crippen MR) is 186 cm³/mol. The maximum atomic E-state index is 12.5. The van der Waals surface area contributed by atoms with Gasteiger partial charge in [-0.1, -0.05) is 31.0 Å². The van der Waals surface area contributed by atoms with Crippen molar-refractivity contribution in [2.24, 2.45) is 0 Å². The van der Waals surface area contributed by atoms with Crippen LogP contribution in [0.25, 0.3) is 11.1 Å². The van der Waals surface area contributed by atoms with Crippen molar-refractivity contribution in [1.29, 1.82) is 0 Å². The van der Waals surface area contributed by atoms with Gasteiger partial charge in [-0.15, -0.1) is 0 Å². The summed E-state index contributed by atoms with van der Waals surface area (Å²) in [5.74, 6) is 2.04. The monoisotopic (exact) mass is 696 g/mol. The summed E-state index contributed by atoms with van der Waals surface area (Å²) in [5.41, 5.74) is 3.66. The SMILES string of the molecule is CCOC(=O)CCCOc1cccc(CCCCCCOc2cc(-c3ccc4c(c3)OCCO4)cc(S(C)(=O)=O)c2)c1CCC(=O)OCC. The third-order valence-electron chi connectivity index (χ3n) is 8.00. The van der Waals surface area contributed by atoms with E-state index < -0.39 is 9.84 Å².